The molecule has 2 aromatic rings. The zero-order chi connectivity index (χ0) is 16.1. The molecule has 0 unspecified atom stereocenters. The normalized spacial score (nSPS) is 10.7. The van der Waals surface area contributed by atoms with Crippen molar-refractivity contribution in [2.45, 2.75) is 40.0 Å². The lowest BCUT2D eigenvalue weighted by Crippen LogP contribution is -2.18. The van der Waals surface area contributed by atoms with Crippen LogP contribution in [0, 0.1) is 6.92 Å². The average molecular weight is 300 g/mol. The zero-order valence-electron chi connectivity index (χ0n) is 13.8. The lowest BCUT2D eigenvalue weighted by molar-refractivity contribution is 0.825. The first-order valence-electron chi connectivity index (χ1n) is 7.84. The molecule has 5 nitrogen and oxygen atoms in total. The van der Waals surface area contributed by atoms with Gasteiger partial charge in [-0.3, -0.25) is 4.79 Å². The molecule has 0 amide bonds. The second-order valence-electron chi connectivity index (χ2n) is 5.53. The molecule has 0 fully saturated rings. The van der Waals surface area contributed by atoms with E-state index in [9.17, 15) is 4.79 Å². The van der Waals surface area contributed by atoms with Crippen LogP contribution < -0.4 is 10.9 Å². The lowest BCUT2D eigenvalue weighted by Gasteiger charge is -2.12. The lowest BCUT2D eigenvalue weighted by atomic mass is 10.1. The highest BCUT2D eigenvalue weighted by molar-refractivity contribution is 5.63. The van der Waals surface area contributed by atoms with E-state index in [4.69, 9.17) is 0 Å². The van der Waals surface area contributed by atoms with E-state index in [2.05, 4.69) is 29.1 Å². The quantitative estimate of drug-likeness (QED) is 0.833. The summed E-state index contributed by atoms with van der Waals surface area (Å²) in [6.45, 7) is 6.94. The van der Waals surface area contributed by atoms with E-state index in [0.29, 0.717) is 5.95 Å². The molecular formula is C17H24N4O. The summed E-state index contributed by atoms with van der Waals surface area (Å²) in [6.07, 6.45) is 6.79. The van der Waals surface area contributed by atoms with Crippen molar-refractivity contribution in [3.8, 4) is 11.3 Å². The smallest absolute Gasteiger partial charge is 0.253 e. The minimum absolute atomic E-state index is 0.0251. The number of hydrogen-bond acceptors (Lipinski definition) is 4. The summed E-state index contributed by atoms with van der Waals surface area (Å²) in [4.78, 5) is 20.9. The maximum absolute atomic E-state index is 11.9. The molecule has 0 saturated heterocycles. The Morgan fingerprint density at radius 1 is 1.32 bits per heavy atom. The predicted octanol–water partition coefficient (Wildman–Crippen LogP) is 2.93. The molecule has 2 rings (SSSR count). The number of unbranched alkanes of at least 4 members (excludes halogenated alkanes) is 1. The largest absolute Gasteiger partial charge is 0.354 e. The van der Waals surface area contributed by atoms with Crippen LogP contribution in [0.2, 0.25) is 0 Å². The summed E-state index contributed by atoms with van der Waals surface area (Å²) >= 11 is 0. The van der Waals surface area contributed by atoms with Crippen LogP contribution in [-0.2, 0) is 13.5 Å². The Hall–Kier alpha value is -2.17. The summed E-state index contributed by atoms with van der Waals surface area (Å²) in [5.41, 5.74) is 3.69. The third-order valence-corrected chi connectivity index (χ3v) is 3.69. The van der Waals surface area contributed by atoms with Crippen LogP contribution >= 0.6 is 0 Å². The molecule has 0 atom stereocenters. The number of anilines is 1. The van der Waals surface area contributed by atoms with Crippen LogP contribution in [0.4, 0.5) is 5.95 Å². The standard InChI is InChI=1S/C17H24N4O/c1-5-7-8-18-17-19-10-13(6-2)15(20-17)14-9-12(3)16(22)21(4)11-14/h9-11H,5-8H2,1-4H3,(H,18,19,20). The fraction of sp³-hybridized carbons (Fsp3) is 0.471. The molecule has 0 aliphatic heterocycles. The average Bonchev–Trinajstić information content (AvgIpc) is 2.52. The highest BCUT2D eigenvalue weighted by Crippen LogP contribution is 2.22. The van der Waals surface area contributed by atoms with E-state index < -0.39 is 0 Å². The summed E-state index contributed by atoms with van der Waals surface area (Å²) in [7, 11) is 1.77. The number of hydrogen-bond donors (Lipinski definition) is 1. The summed E-state index contributed by atoms with van der Waals surface area (Å²) in [6, 6.07) is 1.90. The van der Waals surface area contributed by atoms with Gasteiger partial charge < -0.3 is 9.88 Å². The number of aromatic nitrogens is 3. The third kappa shape index (κ3) is 3.53. The van der Waals surface area contributed by atoms with Crippen molar-refractivity contribution < 1.29 is 0 Å². The van der Waals surface area contributed by atoms with Crippen LogP contribution in [0.25, 0.3) is 11.3 Å². The van der Waals surface area contributed by atoms with Crippen molar-refractivity contribution >= 4 is 5.95 Å². The third-order valence-electron chi connectivity index (χ3n) is 3.69. The van der Waals surface area contributed by atoms with Gasteiger partial charge in [0.2, 0.25) is 5.95 Å². The minimum atomic E-state index is 0.0251. The van der Waals surface area contributed by atoms with Gasteiger partial charge >= 0.3 is 0 Å². The van der Waals surface area contributed by atoms with E-state index >= 15 is 0 Å². The molecule has 118 valence electrons. The van der Waals surface area contributed by atoms with Crippen molar-refractivity contribution in [3.05, 3.63) is 39.9 Å². The second kappa shape index (κ2) is 7.20. The highest BCUT2D eigenvalue weighted by atomic mass is 16.1. The molecular weight excluding hydrogens is 276 g/mol. The Labute approximate surface area is 131 Å². The Balaban J connectivity index is 2.43. The fourth-order valence-electron chi connectivity index (χ4n) is 2.38. The highest BCUT2D eigenvalue weighted by Gasteiger charge is 2.11. The van der Waals surface area contributed by atoms with Gasteiger partial charge in [-0.05, 0) is 31.4 Å². The van der Waals surface area contributed by atoms with Crippen molar-refractivity contribution in [3.63, 3.8) is 0 Å². The summed E-state index contributed by atoms with van der Waals surface area (Å²) in [5, 5.41) is 3.26. The van der Waals surface area contributed by atoms with Gasteiger partial charge in [-0.25, -0.2) is 9.97 Å². The monoisotopic (exact) mass is 300 g/mol. The Bertz CT molecular complexity index is 680. The van der Waals surface area contributed by atoms with Crippen LogP contribution in [-0.4, -0.2) is 21.1 Å². The van der Waals surface area contributed by atoms with Gasteiger partial charge in [0.25, 0.3) is 5.56 Å². The van der Waals surface area contributed by atoms with Crippen LogP contribution in [0.5, 0.6) is 0 Å². The van der Waals surface area contributed by atoms with E-state index in [0.717, 1.165) is 48.2 Å². The maximum Gasteiger partial charge on any atom is 0.253 e. The molecule has 2 aromatic heterocycles. The van der Waals surface area contributed by atoms with Gasteiger partial charge in [0.05, 0.1) is 5.69 Å². The fourth-order valence-corrected chi connectivity index (χ4v) is 2.38. The topological polar surface area (TPSA) is 59.8 Å². The molecule has 22 heavy (non-hydrogen) atoms. The van der Waals surface area contributed by atoms with E-state index in [1.807, 2.05) is 25.4 Å². The molecule has 2 heterocycles. The number of nitrogens with zero attached hydrogens (tertiary/aromatic N) is 3. The van der Waals surface area contributed by atoms with Crippen molar-refractivity contribution in [1.82, 2.24) is 14.5 Å². The first-order valence-corrected chi connectivity index (χ1v) is 7.84. The summed E-state index contributed by atoms with van der Waals surface area (Å²) < 4.78 is 1.61. The number of rotatable bonds is 6. The Kier molecular flexibility index (Phi) is 5.31. The molecule has 0 bridgehead atoms. The van der Waals surface area contributed by atoms with E-state index in [1.54, 1.807) is 11.6 Å². The molecule has 5 heteroatoms. The first-order chi connectivity index (χ1) is 10.6. The molecule has 1 N–H and O–H groups in total. The van der Waals surface area contributed by atoms with E-state index in [1.165, 1.54) is 0 Å². The number of aryl methyl sites for hydroxylation is 3. The van der Waals surface area contributed by atoms with Crippen molar-refractivity contribution in [2.75, 3.05) is 11.9 Å². The maximum atomic E-state index is 11.9. The van der Waals surface area contributed by atoms with Gasteiger partial charge in [-0.15, -0.1) is 0 Å². The SMILES string of the molecule is CCCCNc1ncc(CC)c(-c2cc(C)c(=O)n(C)c2)n1. The Morgan fingerprint density at radius 3 is 2.73 bits per heavy atom. The minimum Gasteiger partial charge on any atom is -0.354 e. The van der Waals surface area contributed by atoms with Crippen LogP contribution in [0.1, 0.15) is 37.8 Å². The number of nitrogens with one attached hydrogen (secondary N) is 1. The van der Waals surface area contributed by atoms with Gasteiger partial charge in [-0.2, -0.15) is 0 Å². The van der Waals surface area contributed by atoms with Gasteiger partial charge in [0.1, 0.15) is 0 Å². The number of pyridine rings is 1. The van der Waals surface area contributed by atoms with Gasteiger partial charge in [-0.1, -0.05) is 20.3 Å². The van der Waals surface area contributed by atoms with Gasteiger partial charge in [0, 0.05) is 37.1 Å². The predicted molar refractivity (Wildman–Crippen MR) is 90.2 cm³/mol. The second-order valence-corrected chi connectivity index (χ2v) is 5.53. The Morgan fingerprint density at radius 2 is 2.09 bits per heavy atom. The van der Waals surface area contributed by atoms with Crippen molar-refractivity contribution in [1.29, 1.82) is 0 Å². The van der Waals surface area contributed by atoms with Crippen LogP contribution in [0.15, 0.2) is 23.3 Å². The van der Waals surface area contributed by atoms with Crippen LogP contribution in [0.3, 0.4) is 0 Å². The summed E-state index contributed by atoms with van der Waals surface area (Å²) in [5.74, 6) is 0.646. The molecule has 0 aromatic carbocycles. The molecule has 0 saturated carbocycles. The molecule has 0 aliphatic carbocycles. The zero-order valence-corrected chi connectivity index (χ0v) is 13.8. The van der Waals surface area contributed by atoms with Gasteiger partial charge in [0.15, 0.2) is 0 Å². The van der Waals surface area contributed by atoms with Crippen molar-refractivity contribution in [2.24, 2.45) is 7.05 Å². The van der Waals surface area contributed by atoms with E-state index in [-0.39, 0.29) is 5.56 Å². The molecule has 0 aliphatic rings. The molecule has 0 radical (unpaired) electrons. The first kappa shape index (κ1) is 16.2. The molecule has 0 spiro atoms.